The molecule has 0 saturated carbocycles. The molecule has 1 aromatic heterocycles. The number of benzene rings is 1. The molecule has 8 nitrogen and oxygen atoms in total. The van der Waals surface area contributed by atoms with Gasteiger partial charge in [-0.05, 0) is 46.8 Å². The zero-order valence-electron chi connectivity index (χ0n) is 19.3. The van der Waals surface area contributed by atoms with Crippen LogP contribution in [0.15, 0.2) is 36.4 Å². The van der Waals surface area contributed by atoms with Crippen LogP contribution in [0.25, 0.3) is 0 Å². The van der Waals surface area contributed by atoms with Crippen molar-refractivity contribution in [3.05, 3.63) is 53.1 Å². The van der Waals surface area contributed by atoms with E-state index in [-0.39, 0.29) is 24.3 Å². The lowest BCUT2D eigenvalue weighted by Crippen LogP contribution is -2.55. The monoisotopic (exact) mass is 441 g/mol. The van der Waals surface area contributed by atoms with Crippen LogP contribution in [-0.4, -0.2) is 58.3 Å². The number of hydrogen-bond donors (Lipinski definition) is 1. The number of aromatic carboxylic acids is 1. The zero-order chi connectivity index (χ0) is 23.5. The normalized spacial score (nSPS) is 16.6. The molecule has 2 heterocycles. The Labute approximate surface area is 188 Å². The summed E-state index contributed by atoms with van der Waals surface area (Å²) in [5.41, 5.74) is 1.17. The first-order chi connectivity index (χ1) is 15.0. The summed E-state index contributed by atoms with van der Waals surface area (Å²) in [7, 11) is 0. The molecule has 1 N–H and O–H groups in total. The Morgan fingerprint density at radius 3 is 2.59 bits per heavy atom. The van der Waals surface area contributed by atoms with Crippen LogP contribution in [0.2, 0.25) is 0 Å². The van der Waals surface area contributed by atoms with Crippen LogP contribution in [0.5, 0.6) is 5.88 Å². The quantitative estimate of drug-likeness (QED) is 0.746. The van der Waals surface area contributed by atoms with Gasteiger partial charge in [0.25, 0.3) is 0 Å². The summed E-state index contributed by atoms with van der Waals surface area (Å²) in [6, 6.07) is 10.7. The summed E-state index contributed by atoms with van der Waals surface area (Å²) in [4.78, 5) is 32.4. The van der Waals surface area contributed by atoms with E-state index in [0.717, 1.165) is 11.4 Å². The first-order valence-corrected chi connectivity index (χ1v) is 10.7. The van der Waals surface area contributed by atoms with Gasteiger partial charge in [0.15, 0.2) is 0 Å². The minimum Gasteiger partial charge on any atom is -0.478 e. The fraction of sp³-hybridized carbons (Fsp3) is 0.458. The molecule has 0 radical (unpaired) electrons. The van der Waals surface area contributed by atoms with Gasteiger partial charge in [-0.3, -0.25) is 0 Å². The van der Waals surface area contributed by atoms with Gasteiger partial charge in [0, 0.05) is 37.3 Å². The van der Waals surface area contributed by atoms with Gasteiger partial charge in [-0.2, -0.15) is 4.98 Å². The third kappa shape index (κ3) is 5.90. The number of amides is 1. The SMILES string of the molecule is Cc1ccc(COc2cccc(N3CCN(C(=O)OC(C)(C)C)[C@@H](C)C3)n2)c(C(=O)O)c1. The lowest BCUT2D eigenvalue weighted by atomic mass is 10.1. The van der Waals surface area contributed by atoms with Crippen molar-refractivity contribution in [1.29, 1.82) is 0 Å². The lowest BCUT2D eigenvalue weighted by Gasteiger charge is -2.40. The van der Waals surface area contributed by atoms with Gasteiger partial charge in [0.2, 0.25) is 5.88 Å². The molecule has 0 bridgehead atoms. The zero-order valence-corrected chi connectivity index (χ0v) is 19.3. The predicted octanol–water partition coefficient (Wildman–Crippen LogP) is 4.11. The number of piperazine rings is 1. The standard InChI is InChI=1S/C24H31N3O5/c1-16-9-10-18(19(13-16)22(28)29)15-31-21-8-6-7-20(25-21)26-11-12-27(17(2)14-26)23(30)32-24(3,4)5/h6-10,13,17H,11-12,14-15H2,1-5H3,(H,28,29)/t17-/m0/s1. The second kappa shape index (κ2) is 9.46. The number of carbonyl (C=O) groups is 2. The summed E-state index contributed by atoms with van der Waals surface area (Å²) in [6.45, 7) is 11.3. The van der Waals surface area contributed by atoms with E-state index in [1.807, 2.05) is 52.8 Å². The molecule has 1 aromatic carbocycles. The number of nitrogens with zero attached hydrogens (tertiary/aromatic N) is 3. The Balaban J connectivity index is 1.65. The fourth-order valence-electron chi connectivity index (χ4n) is 3.58. The van der Waals surface area contributed by atoms with E-state index >= 15 is 0 Å². The number of aromatic nitrogens is 1. The van der Waals surface area contributed by atoms with E-state index in [9.17, 15) is 14.7 Å². The van der Waals surface area contributed by atoms with Crippen LogP contribution in [0.3, 0.4) is 0 Å². The highest BCUT2D eigenvalue weighted by Gasteiger charge is 2.31. The molecule has 1 saturated heterocycles. The van der Waals surface area contributed by atoms with Gasteiger partial charge in [0.1, 0.15) is 18.0 Å². The number of pyridine rings is 1. The maximum atomic E-state index is 12.4. The molecular formula is C24H31N3O5. The van der Waals surface area contributed by atoms with E-state index < -0.39 is 11.6 Å². The number of ether oxygens (including phenoxy) is 2. The third-order valence-electron chi connectivity index (χ3n) is 5.16. The van der Waals surface area contributed by atoms with Gasteiger partial charge in [-0.25, -0.2) is 9.59 Å². The van der Waals surface area contributed by atoms with E-state index in [1.165, 1.54) is 0 Å². The minimum absolute atomic E-state index is 0.0318. The van der Waals surface area contributed by atoms with Crippen LogP contribution in [0.4, 0.5) is 10.6 Å². The van der Waals surface area contributed by atoms with Crippen molar-refractivity contribution in [3.63, 3.8) is 0 Å². The van der Waals surface area contributed by atoms with Crippen molar-refractivity contribution < 1.29 is 24.2 Å². The number of carboxylic acid groups (broad SMARTS) is 1. The maximum absolute atomic E-state index is 12.4. The highest BCUT2D eigenvalue weighted by atomic mass is 16.6. The Kier molecular flexibility index (Phi) is 6.91. The van der Waals surface area contributed by atoms with Crippen molar-refractivity contribution in [2.45, 2.75) is 52.9 Å². The summed E-state index contributed by atoms with van der Waals surface area (Å²) in [5.74, 6) is 0.188. The summed E-state index contributed by atoms with van der Waals surface area (Å²) in [5, 5.41) is 9.43. The summed E-state index contributed by atoms with van der Waals surface area (Å²) >= 11 is 0. The molecule has 3 rings (SSSR count). The highest BCUT2D eigenvalue weighted by molar-refractivity contribution is 5.89. The molecule has 0 spiro atoms. The van der Waals surface area contributed by atoms with Gasteiger partial charge in [-0.15, -0.1) is 0 Å². The van der Waals surface area contributed by atoms with Crippen LogP contribution in [0.1, 0.15) is 49.2 Å². The molecule has 32 heavy (non-hydrogen) atoms. The van der Waals surface area contributed by atoms with Crippen molar-refractivity contribution in [3.8, 4) is 5.88 Å². The minimum atomic E-state index is -0.981. The van der Waals surface area contributed by atoms with Gasteiger partial charge < -0.3 is 24.4 Å². The van der Waals surface area contributed by atoms with Crippen molar-refractivity contribution in [1.82, 2.24) is 9.88 Å². The van der Waals surface area contributed by atoms with E-state index in [1.54, 1.807) is 23.1 Å². The number of anilines is 1. The largest absolute Gasteiger partial charge is 0.478 e. The Morgan fingerprint density at radius 1 is 1.19 bits per heavy atom. The lowest BCUT2D eigenvalue weighted by molar-refractivity contribution is 0.0158. The second-order valence-electron chi connectivity index (χ2n) is 9.06. The Morgan fingerprint density at radius 2 is 1.94 bits per heavy atom. The van der Waals surface area contributed by atoms with E-state index in [2.05, 4.69) is 9.88 Å². The molecule has 0 aliphatic carbocycles. The molecule has 1 fully saturated rings. The first-order valence-electron chi connectivity index (χ1n) is 10.7. The van der Waals surface area contributed by atoms with Crippen molar-refractivity contribution in [2.24, 2.45) is 0 Å². The Hall–Kier alpha value is -3.29. The van der Waals surface area contributed by atoms with Gasteiger partial charge >= 0.3 is 12.1 Å². The number of carboxylic acids is 1. The third-order valence-corrected chi connectivity index (χ3v) is 5.16. The number of carbonyl (C=O) groups excluding carboxylic acids is 1. The van der Waals surface area contributed by atoms with E-state index in [4.69, 9.17) is 9.47 Å². The van der Waals surface area contributed by atoms with Gasteiger partial charge in [0.05, 0.1) is 5.56 Å². The molecule has 1 aliphatic rings. The van der Waals surface area contributed by atoms with Crippen LogP contribution in [0, 0.1) is 6.92 Å². The van der Waals surface area contributed by atoms with E-state index in [0.29, 0.717) is 31.1 Å². The van der Waals surface area contributed by atoms with Gasteiger partial charge in [-0.1, -0.05) is 23.8 Å². The number of aryl methyl sites for hydroxylation is 1. The molecule has 8 heteroatoms. The Bertz CT molecular complexity index is 986. The smallest absolute Gasteiger partial charge is 0.410 e. The number of rotatable bonds is 5. The van der Waals surface area contributed by atoms with Crippen molar-refractivity contribution >= 4 is 17.9 Å². The fourth-order valence-corrected chi connectivity index (χ4v) is 3.58. The van der Waals surface area contributed by atoms with Crippen LogP contribution < -0.4 is 9.64 Å². The summed E-state index contributed by atoms with van der Waals surface area (Å²) in [6.07, 6.45) is -0.304. The predicted molar refractivity (Wildman–Crippen MR) is 121 cm³/mol. The van der Waals surface area contributed by atoms with Crippen molar-refractivity contribution in [2.75, 3.05) is 24.5 Å². The number of hydrogen-bond acceptors (Lipinski definition) is 6. The first kappa shape index (κ1) is 23.4. The summed E-state index contributed by atoms with van der Waals surface area (Å²) < 4.78 is 11.3. The van der Waals surface area contributed by atoms with Crippen LogP contribution in [-0.2, 0) is 11.3 Å². The average Bonchev–Trinajstić information content (AvgIpc) is 2.71. The topological polar surface area (TPSA) is 92.2 Å². The molecule has 1 amide bonds. The molecule has 0 unspecified atom stereocenters. The second-order valence-corrected chi connectivity index (χ2v) is 9.06. The molecule has 172 valence electrons. The molecular weight excluding hydrogens is 410 g/mol. The molecule has 1 atom stereocenters. The van der Waals surface area contributed by atoms with Crippen LogP contribution >= 0.6 is 0 Å². The maximum Gasteiger partial charge on any atom is 0.410 e. The average molecular weight is 442 g/mol. The highest BCUT2D eigenvalue weighted by Crippen LogP contribution is 2.22. The molecule has 1 aliphatic heterocycles. The molecule has 2 aromatic rings.